The Balaban J connectivity index is 1.67. The first-order valence-electron chi connectivity index (χ1n) is 9.41. The summed E-state index contributed by atoms with van der Waals surface area (Å²) in [6, 6.07) is 11.3. The fourth-order valence-electron chi connectivity index (χ4n) is 3.01. The molecule has 0 aliphatic heterocycles. The molecule has 1 amide bonds. The molecule has 1 N–H and O–H groups in total. The first-order valence-corrected chi connectivity index (χ1v) is 9.41. The Hall–Kier alpha value is -3.68. The summed E-state index contributed by atoms with van der Waals surface area (Å²) < 4.78 is 10.4. The first kappa shape index (κ1) is 21.0. The number of aryl methyl sites for hydroxylation is 4. The topological polar surface area (TPSA) is 95.3 Å². The lowest BCUT2D eigenvalue weighted by Crippen LogP contribution is -2.21. The van der Waals surface area contributed by atoms with Gasteiger partial charge in [-0.1, -0.05) is 23.8 Å². The molecule has 0 atom stereocenters. The van der Waals surface area contributed by atoms with E-state index in [1.807, 2.05) is 45.0 Å². The number of methoxy groups -OCH3 is 1. The molecule has 0 radical (unpaired) electrons. The molecule has 156 valence electrons. The number of hydrogen-bond acceptors (Lipinski definition) is 6. The Labute approximate surface area is 174 Å². The fraction of sp³-hybridized carbons (Fsp3) is 0.273. The van der Waals surface area contributed by atoms with Gasteiger partial charge in [0.25, 0.3) is 5.91 Å². The van der Waals surface area contributed by atoms with Crippen LogP contribution in [0, 0.1) is 27.7 Å². The lowest BCUT2D eigenvalue weighted by Gasteiger charge is -2.11. The van der Waals surface area contributed by atoms with Crippen molar-refractivity contribution >= 4 is 17.6 Å². The van der Waals surface area contributed by atoms with E-state index in [4.69, 9.17) is 9.47 Å². The third kappa shape index (κ3) is 4.65. The second-order valence-corrected chi connectivity index (χ2v) is 7.04. The Morgan fingerprint density at radius 3 is 2.40 bits per heavy atom. The molecule has 0 unspecified atom stereocenters. The van der Waals surface area contributed by atoms with E-state index in [1.54, 1.807) is 19.1 Å². The molecule has 1 aromatic heterocycles. The maximum Gasteiger partial charge on any atom is 0.361 e. The predicted octanol–water partition coefficient (Wildman–Crippen LogP) is 3.31. The van der Waals surface area contributed by atoms with Crippen LogP contribution in [0.1, 0.15) is 32.9 Å². The van der Waals surface area contributed by atoms with E-state index in [2.05, 4.69) is 15.5 Å². The van der Waals surface area contributed by atoms with E-state index in [9.17, 15) is 9.59 Å². The minimum Gasteiger partial charge on any atom is -0.495 e. The van der Waals surface area contributed by atoms with Crippen molar-refractivity contribution in [3.63, 3.8) is 0 Å². The molecule has 0 aliphatic rings. The normalized spacial score (nSPS) is 10.6. The number of amides is 1. The van der Waals surface area contributed by atoms with Gasteiger partial charge in [-0.05, 0) is 57.0 Å². The maximum absolute atomic E-state index is 12.4. The van der Waals surface area contributed by atoms with Gasteiger partial charge in [0.15, 0.2) is 12.3 Å². The summed E-state index contributed by atoms with van der Waals surface area (Å²) in [5, 5.41) is 11.2. The minimum absolute atomic E-state index is 0.0657. The monoisotopic (exact) mass is 408 g/mol. The number of benzene rings is 2. The molecule has 30 heavy (non-hydrogen) atoms. The summed E-state index contributed by atoms with van der Waals surface area (Å²) in [5.74, 6) is -0.672. The number of aromatic nitrogens is 3. The zero-order chi connectivity index (χ0) is 21.8. The van der Waals surface area contributed by atoms with Crippen LogP contribution in [0.25, 0.3) is 5.69 Å². The summed E-state index contributed by atoms with van der Waals surface area (Å²) in [6.45, 7) is 7.06. The van der Waals surface area contributed by atoms with Crippen LogP contribution in [0.5, 0.6) is 5.75 Å². The SMILES string of the molecule is COc1ccc(C)cc1NC(=O)COC(=O)c1nn(-c2ccc(C)cc2C)nc1C. The highest BCUT2D eigenvalue weighted by Gasteiger charge is 2.20. The van der Waals surface area contributed by atoms with Crippen molar-refractivity contribution in [2.75, 3.05) is 19.0 Å². The molecule has 0 saturated carbocycles. The summed E-state index contributed by atoms with van der Waals surface area (Å²) in [4.78, 5) is 26.1. The molecule has 3 rings (SSSR count). The third-order valence-electron chi connectivity index (χ3n) is 4.51. The van der Waals surface area contributed by atoms with E-state index < -0.39 is 18.5 Å². The van der Waals surface area contributed by atoms with Gasteiger partial charge in [0.1, 0.15) is 5.75 Å². The Bertz CT molecular complexity index is 1100. The zero-order valence-corrected chi connectivity index (χ0v) is 17.6. The number of rotatable bonds is 6. The number of carbonyl (C=O) groups excluding carboxylic acids is 2. The van der Waals surface area contributed by atoms with Crippen LogP contribution in [-0.4, -0.2) is 40.6 Å². The van der Waals surface area contributed by atoms with Gasteiger partial charge >= 0.3 is 5.97 Å². The molecule has 0 spiro atoms. The first-order chi connectivity index (χ1) is 14.3. The smallest absolute Gasteiger partial charge is 0.361 e. The number of carbonyl (C=O) groups is 2. The molecule has 1 heterocycles. The molecule has 0 saturated heterocycles. The molecule has 0 fully saturated rings. The van der Waals surface area contributed by atoms with Crippen LogP contribution in [0.4, 0.5) is 5.69 Å². The minimum atomic E-state index is -0.713. The number of nitrogens with zero attached hydrogens (tertiary/aromatic N) is 3. The van der Waals surface area contributed by atoms with Gasteiger partial charge in [0.2, 0.25) is 0 Å². The molecular formula is C22H24N4O4. The largest absolute Gasteiger partial charge is 0.495 e. The van der Waals surface area contributed by atoms with Gasteiger partial charge in [-0.3, -0.25) is 4.79 Å². The van der Waals surface area contributed by atoms with Crippen molar-refractivity contribution in [2.45, 2.75) is 27.7 Å². The van der Waals surface area contributed by atoms with E-state index in [-0.39, 0.29) is 5.69 Å². The van der Waals surface area contributed by atoms with Crippen molar-refractivity contribution in [1.29, 1.82) is 0 Å². The van der Waals surface area contributed by atoms with Crippen molar-refractivity contribution in [1.82, 2.24) is 15.0 Å². The van der Waals surface area contributed by atoms with Crippen molar-refractivity contribution < 1.29 is 19.1 Å². The Kier molecular flexibility index (Phi) is 6.15. The van der Waals surface area contributed by atoms with Crippen molar-refractivity contribution in [3.8, 4) is 11.4 Å². The molecule has 8 nitrogen and oxygen atoms in total. The van der Waals surface area contributed by atoms with Crippen LogP contribution in [0.3, 0.4) is 0 Å². The van der Waals surface area contributed by atoms with Crippen LogP contribution in [-0.2, 0) is 9.53 Å². The lowest BCUT2D eigenvalue weighted by molar-refractivity contribution is -0.119. The van der Waals surface area contributed by atoms with Crippen LogP contribution in [0.15, 0.2) is 36.4 Å². The molecule has 0 aliphatic carbocycles. The zero-order valence-electron chi connectivity index (χ0n) is 17.6. The van der Waals surface area contributed by atoms with Gasteiger partial charge in [-0.2, -0.15) is 9.90 Å². The van der Waals surface area contributed by atoms with Gasteiger partial charge < -0.3 is 14.8 Å². The number of nitrogens with one attached hydrogen (secondary N) is 1. The second kappa shape index (κ2) is 8.77. The molecule has 0 bridgehead atoms. The molecule has 2 aromatic carbocycles. The van der Waals surface area contributed by atoms with Gasteiger partial charge in [-0.15, -0.1) is 5.10 Å². The summed E-state index contributed by atoms with van der Waals surface area (Å²) in [7, 11) is 1.52. The van der Waals surface area contributed by atoms with E-state index in [0.29, 0.717) is 17.1 Å². The molecular weight excluding hydrogens is 384 g/mol. The van der Waals surface area contributed by atoms with Crippen LogP contribution < -0.4 is 10.1 Å². The number of hydrogen-bond donors (Lipinski definition) is 1. The third-order valence-corrected chi connectivity index (χ3v) is 4.51. The van der Waals surface area contributed by atoms with Gasteiger partial charge in [-0.25, -0.2) is 4.79 Å². The second-order valence-electron chi connectivity index (χ2n) is 7.04. The number of anilines is 1. The average molecular weight is 408 g/mol. The Morgan fingerprint density at radius 1 is 1.00 bits per heavy atom. The summed E-state index contributed by atoms with van der Waals surface area (Å²) in [6.07, 6.45) is 0. The van der Waals surface area contributed by atoms with Crippen molar-refractivity contribution in [3.05, 3.63) is 64.5 Å². The van der Waals surface area contributed by atoms with Crippen LogP contribution in [0.2, 0.25) is 0 Å². The molecule has 3 aromatic rings. The van der Waals surface area contributed by atoms with Gasteiger partial charge in [0, 0.05) is 0 Å². The fourth-order valence-corrected chi connectivity index (χ4v) is 3.01. The highest BCUT2D eigenvalue weighted by atomic mass is 16.5. The standard InChI is InChI=1S/C22H24N4O4/c1-13-6-8-18(15(3)10-13)26-24-16(4)21(25-26)22(28)30-12-20(27)23-17-11-14(2)7-9-19(17)29-5/h6-11H,12H2,1-5H3,(H,23,27). The molecule has 8 heteroatoms. The van der Waals surface area contributed by atoms with E-state index >= 15 is 0 Å². The number of esters is 1. The average Bonchev–Trinajstić information content (AvgIpc) is 3.07. The predicted molar refractivity (Wildman–Crippen MR) is 112 cm³/mol. The van der Waals surface area contributed by atoms with Gasteiger partial charge in [0.05, 0.1) is 24.2 Å². The summed E-state index contributed by atoms with van der Waals surface area (Å²) in [5.41, 5.74) is 4.83. The number of ether oxygens (including phenoxy) is 2. The quantitative estimate of drug-likeness (QED) is 0.629. The highest BCUT2D eigenvalue weighted by Crippen LogP contribution is 2.25. The van der Waals surface area contributed by atoms with E-state index in [1.165, 1.54) is 11.9 Å². The van der Waals surface area contributed by atoms with E-state index in [0.717, 1.165) is 22.4 Å². The van der Waals surface area contributed by atoms with Crippen molar-refractivity contribution in [2.24, 2.45) is 0 Å². The lowest BCUT2D eigenvalue weighted by atomic mass is 10.1. The highest BCUT2D eigenvalue weighted by molar-refractivity contribution is 5.96. The maximum atomic E-state index is 12.4. The summed E-state index contributed by atoms with van der Waals surface area (Å²) >= 11 is 0. The Morgan fingerprint density at radius 2 is 1.70 bits per heavy atom. The van der Waals surface area contributed by atoms with Crippen LogP contribution >= 0.6 is 0 Å².